The van der Waals surface area contributed by atoms with Gasteiger partial charge in [0.05, 0.1) is 6.61 Å². The van der Waals surface area contributed by atoms with Crippen LogP contribution in [0.3, 0.4) is 0 Å². The van der Waals surface area contributed by atoms with E-state index in [1.807, 2.05) is 48.7 Å². The smallest absolute Gasteiger partial charge is 0.348 e. The first-order chi connectivity index (χ1) is 11.6. The second-order valence-corrected chi connectivity index (χ2v) is 5.15. The molecule has 0 fully saturated rings. The predicted molar refractivity (Wildman–Crippen MR) is 89.5 cm³/mol. The molecule has 2 aromatic heterocycles. The molecule has 0 aliphatic heterocycles. The van der Waals surface area contributed by atoms with Crippen molar-refractivity contribution in [1.82, 2.24) is 9.55 Å². The molecule has 2 rings (SSSR count). The van der Waals surface area contributed by atoms with Gasteiger partial charge in [-0.25, -0.2) is 9.78 Å². The van der Waals surface area contributed by atoms with Gasteiger partial charge in [-0.1, -0.05) is 6.07 Å². The third-order valence-electron chi connectivity index (χ3n) is 3.51. The van der Waals surface area contributed by atoms with Crippen LogP contribution in [-0.2, 0) is 14.3 Å². The molecule has 2 heterocycles. The first-order valence-corrected chi connectivity index (χ1v) is 7.46. The van der Waals surface area contributed by atoms with Crippen LogP contribution in [0.2, 0.25) is 0 Å². The number of esters is 1. The van der Waals surface area contributed by atoms with Gasteiger partial charge in [0.15, 0.2) is 0 Å². The Morgan fingerprint density at radius 3 is 2.79 bits per heavy atom. The lowest BCUT2D eigenvalue weighted by Crippen LogP contribution is -2.11. The fourth-order valence-electron chi connectivity index (χ4n) is 2.36. The zero-order valence-corrected chi connectivity index (χ0v) is 13.9. The van der Waals surface area contributed by atoms with Gasteiger partial charge in [0.25, 0.3) is 0 Å². The van der Waals surface area contributed by atoms with Gasteiger partial charge in [0.2, 0.25) is 0 Å². The van der Waals surface area contributed by atoms with Crippen molar-refractivity contribution in [3.8, 4) is 11.9 Å². The van der Waals surface area contributed by atoms with Crippen molar-refractivity contribution in [2.75, 3.05) is 20.3 Å². The summed E-state index contributed by atoms with van der Waals surface area (Å²) in [5, 5.41) is 9.23. The standard InChI is InChI=1S/C18H19N3O3/c1-13-10-15(11-16(12-19)18(22)24-9-8-23-3)14(2)21(13)17-6-4-5-7-20-17/h4-7,10-11H,8-9H2,1-3H3/b16-11+. The minimum absolute atomic E-state index is 0.0487. The number of aryl methyl sites for hydroxylation is 1. The van der Waals surface area contributed by atoms with Crippen LogP contribution >= 0.6 is 0 Å². The van der Waals surface area contributed by atoms with Crippen molar-refractivity contribution in [2.45, 2.75) is 13.8 Å². The SMILES string of the molecule is COCCOC(=O)/C(C#N)=C/c1cc(C)n(-c2ccccn2)c1C. The second-order valence-electron chi connectivity index (χ2n) is 5.15. The van der Waals surface area contributed by atoms with Crippen molar-refractivity contribution < 1.29 is 14.3 Å². The summed E-state index contributed by atoms with van der Waals surface area (Å²) in [6, 6.07) is 9.46. The van der Waals surface area contributed by atoms with E-state index < -0.39 is 5.97 Å². The Morgan fingerprint density at radius 2 is 2.17 bits per heavy atom. The van der Waals surface area contributed by atoms with Gasteiger partial charge in [-0.2, -0.15) is 5.26 Å². The third kappa shape index (κ3) is 3.89. The normalized spacial score (nSPS) is 11.2. The summed E-state index contributed by atoms with van der Waals surface area (Å²) in [7, 11) is 1.52. The topological polar surface area (TPSA) is 77.1 Å². The Balaban J connectivity index is 2.32. The van der Waals surface area contributed by atoms with Crippen molar-refractivity contribution in [2.24, 2.45) is 0 Å². The second kappa shape index (κ2) is 8.09. The average molecular weight is 325 g/mol. The summed E-state index contributed by atoms with van der Waals surface area (Å²) in [6.07, 6.45) is 3.26. The number of pyridine rings is 1. The molecule has 0 N–H and O–H groups in total. The van der Waals surface area contributed by atoms with Gasteiger partial charge in [-0.15, -0.1) is 0 Å². The summed E-state index contributed by atoms with van der Waals surface area (Å²) in [5.41, 5.74) is 2.58. The number of ether oxygens (including phenoxy) is 2. The minimum atomic E-state index is -0.655. The third-order valence-corrected chi connectivity index (χ3v) is 3.51. The minimum Gasteiger partial charge on any atom is -0.459 e. The van der Waals surface area contributed by atoms with E-state index in [9.17, 15) is 10.1 Å². The molecule has 0 aliphatic rings. The maximum absolute atomic E-state index is 11.9. The van der Waals surface area contributed by atoms with Crippen molar-refractivity contribution in [1.29, 1.82) is 5.26 Å². The Kier molecular flexibility index (Phi) is 5.88. The first kappa shape index (κ1) is 17.4. The number of carbonyl (C=O) groups excluding carboxylic acids is 1. The van der Waals surface area contributed by atoms with E-state index in [0.717, 1.165) is 22.8 Å². The number of nitriles is 1. The lowest BCUT2D eigenvalue weighted by Gasteiger charge is -2.08. The number of rotatable bonds is 6. The van der Waals surface area contributed by atoms with Gasteiger partial charge in [-0.3, -0.25) is 0 Å². The molecule has 0 spiro atoms. The maximum Gasteiger partial charge on any atom is 0.348 e. The zero-order valence-electron chi connectivity index (χ0n) is 13.9. The lowest BCUT2D eigenvalue weighted by molar-refractivity contribution is -0.139. The molecule has 0 aromatic carbocycles. The number of hydrogen-bond donors (Lipinski definition) is 0. The Hall–Kier alpha value is -2.91. The van der Waals surface area contributed by atoms with Crippen LogP contribution < -0.4 is 0 Å². The molecule has 0 saturated carbocycles. The highest BCUT2D eigenvalue weighted by Crippen LogP contribution is 2.21. The van der Waals surface area contributed by atoms with Crippen LogP contribution in [0.15, 0.2) is 36.0 Å². The molecule has 6 nitrogen and oxygen atoms in total. The Morgan fingerprint density at radius 1 is 1.38 bits per heavy atom. The van der Waals surface area contributed by atoms with Crippen LogP contribution in [-0.4, -0.2) is 35.8 Å². The van der Waals surface area contributed by atoms with E-state index in [-0.39, 0.29) is 12.2 Å². The molecule has 6 heteroatoms. The van der Waals surface area contributed by atoms with E-state index in [1.165, 1.54) is 13.2 Å². The largest absolute Gasteiger partial charge is 0.459 e. The molecular formula is C18H19N3O3. The first-order valence-electron chi connectivity index (χ1n) is 7.46. The van der Waals surface area contributed by atoms with Gasteiger partial charge in [0.1, 0.15) is 24.1 Å². The predicted octanol–water partition coefficient (Wildman–Crippen LogP) is 2.59. The molecule has 0 atom stereocenters. The molecular weight excluding hydrogens is 306 g/mol. The number of carbonyl (C=O) groups is 1. The molecule has 124 valence electrons. The zero-order chi connectivity index (χ0) is 17.5. The molecule has 0 unspecified atom stereocenters. The highest BCUT2D eigenvalue weighted by molar-refractivity contribution is 5.98. The number of aromatic nitrogens is 2. The summed E-state index contributed by atoms with van der Waals surface area (Å²) in [6.45, 7) is 4.26. The molecule has 0 aliphatic carbocycles. The molecule has 0 amide bonds. The summed E-state index contributed by atoms with van der Waals surface area (Å²) in [5.74, 6) is 0.130. The number of methoxy groups -OCH3 is 1. The number of hydrogen-bond acceptors (Lipinski definition) is 5. The highest BCUT2D eigenvalue weighted by Gasteiger charge is 2.15. The van der Waals surface area contributed by atoms with E-state index >= 15 is 0 Å². The van der Waals surface area contributed by atoms with Crippen LogP contribution in [0.5, 0.6) is 0 Å². The van der Waals surface area contributed by atoms with Gasteiger partial charge in [-0.05, 0) is 43.7 Å². The van der Waals surface area contributed by atoms with Crippen molar-refractivity contribution >= 4 is 12.0 Å². The van der Waals surface area contributed by atoms with Gasteiger partial charge < -0.3 is 14.0 Å². The summed E-state index contributed by atoms with van der Waals surface area (Å²) < 4.78 is 11.8. The quantitative estimate of drug-likeness (QED) is 0.353. The fraction of sp³-hybridized carbons (Fsp3) is 0.278. The molecule has 0 radical (unpaired) electrons. The monoisotopic (exact) mass is 325 g/mol. The van der Waals surface area contributed by atoms with E-state index in [0.29, 0.717) is 6.61 Å². The summed E-state index contributed by atoms with van der Waals surface area (Å²) in [4.78, 5) is 16.3. The Bertz CT molecular complexity index is 786. The Labute approximate surface area is 141 Å². The average Bonchev–Trinajstić information content (AvgIpc) is 2.87. The van der Waals surface area contributed by atoms with Crippen molar-refractivity contribution in [3.63, 3.8) is 0 Å². The van der Waals surface area contributed by atoms with Crippen LogP contribution in [0.1, 0.15) is 17.0 Å². The lowest BCUT2D eigenvalue weighted by atomic mass is 10.1. The van der Waals surface area contributed by atoms with E-state index in [2.05, 4.69) is 4.98 Å². The van der Waals surface area contributed by atoms with Crippen LogP contribution in [0, 0.1) is 25.2 Å². The molecule has 0 bridgehead atoms. The fourth-order valence-corrected chi connectivity index (χ4v) is 2.36. The van der Waals surface area contributed by atoms with Crippen molar-refractivity contribution in [3.05, 3.63) is 53.0 Å². The van der Waals surface area contributed by atoms with Crippen LogP contribution in [0.25, 0.3) is 11.9 Å². The highest BCUT2D eigenvalue weighted by atomic mass is 16.6. The summed E-state index contributed by atoms with van der Waals surface area (Å²) >= 11 is 0. The maximum atomic E-state index is 11.9. The molecule has 24 heavy (non-hydrogen) atoms. The van der Waals surface area contributed by atoms with Crippen LogP contribution in [0.4, 0.5) is 0 Å². The molecule has 2 aromatic rings. The van der Waals surface area contributed by atoms with Gasteiger partial charge in [0, 0.05) is 24.7 Å². The number of nitrogens with zero attached hydrogens (tertiary/aromatic N) is 3. The van der Waals surface area contributed by atoms with E-state index in [4.69, 9.17) is 9.47 Å². The van der Waals surface area contributed by atoms with E-state index in [1.54, 1.807) is 6.20 Å². The molecule has 0 saturated heterocycles. The van der Waals surface area contributed by atoms with Gasteiger partial charge >= 0.3 is 5.97 Å².